The number of hydrogen-bond donors (Lipinski definition) is 2. The van der Waals surface area contributed by atoms with Gasteiger partial charge in [0.2, 0.25) is 0 Å². The molecule has 0 fully saturated rings. The highest BCUT2D eigenvalue weighted by Gasteiger charge is 1.97. The zero-order valence-electron chi connectivity index (χ0n) is 10.6. The van der Waals surface area contributed by atoms with E-state index in [1.54, 1.807) is 0 Å². The molecule has 2 nitrogen and oxygen atoms in total. The molecule has 2 aromatic rings. The summed E-state index contributed by atoms with van der Waals surface area (Å²) in [5.74, 6) is 0. The Labute approximate surface area is 103 Å². The Morgan fingerprint density at radius 1 is 1.00 bits per heavy atom. The largest absolute Gasteiger partial charge is 0.308 e. The fourth-order valence-corrected chi connectivity index (χ4v) is 2.02. The Hall–Kier alpha value is -1.38. The lowest BCUT2D eigenvalue weighted by Crippen LogP contribution is -2.27. The first-order valence-electron chi connectivity index (χ1n) is 6.14. The third kappa shape index (κ3) is 3.29. The van der Waals surface area contributed by atoms with Crippen molar-refractivity contribution in [3.8, 4) is 0 Å². The van der Waals surface area contributed by atoms with Gasteiger partial charge in [0.25, 0.3) is 0 Å². The molecule has 0 saturated heterocycles. The third-order valence-electron chi connectivity index (χ3n) is 2.95. The van der Waals surface area contributed by atoms with Gasteiger partial charge in [0.15, 0.2) is 0 Å². The van der Waals surface area contributed by atoms with Gasteiger partial charge < -0.3 is 10.6 Å². The van der Waals surface area contributed by atoms with E-state index in [-0.39, 0.29) is 0 Å². The molecule has 0 saturated carbocycles. The van der Waals surface area contributed by atoms with E-state index in [1.807, 2.05) is 7.05 Å². The number of fused-ring (bicyclic) bond motifs is 1. The predicted molar refractivity (Wildman–Crippen MR) is 74.3 cm³/mol. The lowest BCUT2D eigenvalue weighted by Gasteiger charge is -2.06. The molecule has 0 bridgehead atoms. The van der Waals surface area contributed by atoms with Gasteiger partial charge in [-0.1, -0.05) is 42.0 Å². The quantitative estimate of drug-likeness (QED) is 0.607. The van der Waals surface area contributed by atoms with E-state index in [4.69, 9.17) is 0 Å². The van der Waals surface area contributed by atoms with Crippen LogP contribution in [0.4, 0.5) is 0 Å². The van der Waals surface area contributed by atoms with Crippen LogP contribution in [-0.2, 0) is 6.42 Å². The average Bonchev–Trinajstić information content (AvgIpc) is 2.35. The number of rotatable bonds is 5. The Bertz CT molecular complexity index is 491. The fourth-order valence-electron chi connectivity index (χ4n) is 2.02. The van der Waals surface area contributed by atoms with E-state index in [2.05, 4.69) is 54.0 Å². The molecule has 0 radical (unpaired) electrons. The minimum Gasteiger partial charge on any atom is -0.308 e. The smallest absolute Gasteiger partial charge is 0.0451 e. The highest BCUT2D eigenvalue weighted by molar-refractivity contribution is 5.83. The van der Waals surface area contributed by atoms with Crippen molar-refractivity contribution in [1.82, 2.24) is 10.6 Å². The monoisotopic (exact) mass is 228 g/mol. The molecular formula is C15H20N2. The van der Waals surface area contributed by atoms with Gasteiger partial charge >= 0.3 is 0 Å². The Morgan fingerprint density at radius 2 is 1.76 bits per heavy atom. The van der Waals surface area contributed by atoms with E-state index in [1.165, 1.54) is 21.9 Å². The summed E-state index contributed by atoms with van der Waals surface area (Å²) in [6.45, 7) is 4.01. The van der Waals surface area contributed by atoms with Crippen molar-refractivity contribution in [2.24, 2.45) is 0 Å². The van der Waals surface area contributed by atoms with Gasteiger partial charge in [-0.2, -0.15) is 0 Å². The van der Waals surface area contributed by atoms with Crippen LogP contribution in [0.25, 0.3) is 10.8 Å². The number of benzene rings is 2. The molecule has 0 aliphatic rings. The molecular weight excluding hydrogens is 208 g/mol. The lowest BCUT2D eigenvalue weighted by molar-refractivity contribution is 0.631. The molecule has 2 heteroatoms. The molecule has 0 aliphatic heterocycles. The molecule has 0 unspecified atom stereocenters. The summed E-state index contributed by atoms with van der Waals surface area (Å²) in [5, 5.41) is 9.07. The first kappa shape index (κ1) is 12.1. The fraction of sp³-hybridized carbons (Fsp3) is 0.333. The van der Waals surface area contributed by atoms with Crippen LogP contribution in [-0.4, -0.2) is 20.3 Å². The summed E-state index contributed by atoms with van der Waals surface area (Å²) in [6.07, 6.45) is 1.07. The van der Waals surface area contributed by atoms with Crippen molar-refractivity contribution in [3.63, 3.8) is 0 Å². The van der Waals surface area contributed by atoms with Crippen LogP contribution in [0.1, 0.15) is 11.1 Å². The van der Waals surface area contributed by atoms with E-state index in [0.29, 0.717) is 0 Å². The molecule has 0 atom stereocenters. The minimum atomic E-state index is 0.868. The molecule has 17 heavy (non-hydrogen) atoms. The SMILES string of the molecule is CNCNCCc1ccc2cc(C)ccc2c1. The Kier molecular flexibility index (Phi) is 4.13. The molecule has 0 amide bonds. The minimum absolute atomic E-state index is 0.868. The van der Waals surface area contributed by atoms with Crippen molar-refractivity contribution < 1.29 is 0 Å². The molecule has 2 rings (SSSR count). The van der Waals surface area contributed by atoms with Crippen LogP contribution in [0.2, 0.25) is 0 Å². The van der Waals surface area contributed by atoms with Crippen molar-refractivity contribution in [2.45, 2.75) is 13.3 Å². The zero-order chi connectivity index (χ0) is 12.1. The summed E-state index contributed by atoms with van der Waals surface area (Å²) in [5.41, 5.74) is 2.71. The second kappa shape index (κ2) is 5.80. The predicted octanol–water partition coefficient (Wildman–Crippen LogP) is 2.46. The molecule has 0 heterocycles. The van der Waals surface area contributed by atoms with Crippen molar-refractivity contribution in [3.05, 3.63) is 47.5 Å². The van der Waals surface area contributed by atoms with Crippen LogP contribution in [0.3, 0.4) is 0 Å². The second-order valence-electron chi connectivity index (χ2n) is 4.47. The number of aryl methyl sites for hydroxylation is 1. The zero-order valence-corrected chi connectivity index (χ0v) is 10.6. The summed E-state index contributed by atoms with van der Waals surface area (Å²) >= 11 is 0. The van der Waals surface area contributed by atoms with Gasteiger partial charge in [0.1, 0.15) is 0 Å². The van der Waals surface area contributed by atoms with Crippen molar-refractivity contribution in [1.29, 1.82) is 0 Å². The average molecular weight is 228 g/mol. The van der Waals surface area contributed by atoms with Gasteiger partial charge in [-0.05, 0) is 36.7 Å². The number of hydrogen-bond acceptors (Lipinski definition) is 2. The van der Waals surface area contributed by atoms with Crippen molar-refractivity contribution >= 4 is 10.8 Å². The first-order valence-corrected chi connectivity index (χ1v) is 6.14. The third-order valence-corrected chi connectivity index (χ3v) is 2.95. The topological polar surface area (TPSA) is 24.1 Å². The van der Waals surface area contributed by atoms with Crippen molar-refractivity contribution in [2.75, 3.05) is 20.3 Å². The van der Waals surface area contributed by atoms with Gasteiger partial charge in [0, 0.05) is 13.2 Å². The molecule has 0 spiro atoms. The van der Waals surface area contributed by atoms with E-state index in [9.17, 15) is 0 Å². The van der Waals surface area contributed by atoms with E-state index in [0.717, 1.165) is 19.6 Å². The molecule has 90 valence electrons. The van der Waals surface area contributed by atoms with Gasteiger partial charge in [-0.3, -0.25) is 0 Å². The van der Waals surface area contributed by atoms with Crippen LogP contribution in [0, 0.1) is 6.92 Å². The Balaban J connectivity index is 2.07. The summed E-state index contributed by atoms with van der Waals surface area (Å²) in [7, 11) is 1.95. The first-order chi connectivity index (χ1) is 8.29. The van der Waals surface area contributed by atoms with Crippen LogP contribution < -0.4 is 10.6 Å². The molecule has 0 aliphatic carbocycles. The summed E-state index contributed by atoms with van der Waals surface area (Å²) in [4.78, 5) is 0. The van der Waals surface area contributed by atoms with E-state index < -0.39 is 0 Å². The number of nitrogens with one attached hydrogen (secondary N) is 2. The highest BCUT2D eigenvalue weighted by atomic mass is 15.0. The normalized spacial score (nSPS) is 10.9. The van der Waals surface area contributed by atoms with Gasteiger partial charge in [-0.15, -0.1) is 0 Å². The highest BCUT2D eigenvalue weighted by Crippen LogP contribution is 2.17. The van der Waals surface area contributed by atoms with Crippen LogP contribution in [0.15, 0.2) is 36.4 Å². The molecule has 2 aromatic carbocycles. The maximum absolute atomic E-state index is 3.33. The van der Waals surface area contributed by atoms with Gasteiger partial charge in [0.05, 0.1) is 0 Å². The standard InChI is InChI=1S/C15H20N2/c1-12-3-5-15-10-13(4-6-14(15)9-12)7-8-17-11-16-2/h3-6,9-10,16-17H,7-8,11H2,1-2H3. The lowest BCUT2D eigenvalue weighted by atomic mass is 10.0. The maximum atomic E-state index is 3.33. The van der Waals surface area contributed by atoms with Crippen LogP contribution in [0.5, 0.6) is 0 Å². The Morgan fingerprint density at radius 3 is 2.59 bits per heavy atom. The maximum Gasteiger partial charge on any atom is 0.0451 e. The summed E-state index contributed by atoms with van der Waals surface area (Å²) in [6, 6.07) is 13.3. The van der Waals surface area contributed by atoms with E-state index >= 15 is 0 Å². The van der Waals surface area contributed by atoms with Crippen LogP contribution >= 0.6 is 0 Å². The summed E-state index contributed by atoms with van der Waals surface area (Å²) < 4.78 is 0. The molecule has 2 N–H and O–H groups in total. The van der Waals surface area contributed by atoms with Gasteiger partial charge in [-0.25, -0.2) is 0 Å². The second-order valence-corrected chi connectivity index (χ2v) is 4.47. The molecule has 0 aromatic heterocycles.